The number of Topliss-reactive ketones (excluding diaryl/α,β-unsaturated/α-hetero) is 1. The van der Waals surface area contributed by atoms with E-state index in [9.17, 15) is 4.79 Å². The lowest BCUT2D eigenvalue weighted by molar-refractivity contribution is 0.0976. The molecule has 112 valence electrons. The third-order valence-corrected chi connectivity index (χ3v) is 2.77. The number of benzene rings is 1. The van der Waals surface area contributed by atoms with Crippen molar-refractivity contribution in [2.75, 3.05) is 27.9 Å². The number of carbonyl (C=O) groups excluding carboxylic acids is 1. The molecule has 5 nitrogen and oxygen atoms in total. The van der Waals surface area contributed by atoms with Gasteiger partial charge >= 0.3 is 0 Å². The molecule has 5 heteroatoms. The predicted octanol–water partition coefficient (Wildman–Crippen LogP) is 2.28. The van der Waals surface area contributed by atoms with Crippen LogP contribution in [0.2, 0.25) is 0 Å². The summed E-state index contributed by atoms with van der Waals surface area (Å²) in [5, 5.41) is 3.16. The highest BCUT2D eigenvalue weighted by Crippen LogP contribution is 2.34. The first kappa shape index (κ1) is 16.3. The molecule has 1 rings (SSSR count). The lowest BCUT2D eigenvalue weighted by atomic mass is 10.1. The fourth-order valence-corrected chi connectivity index (χ4v) is 1.71. The second-order valence-electron chi connectivity index (χ2n) is 5.43. The Morgan fingerprint density at radius 2 is 1.55 bits per heavy atom. The van der Waals surface area contributed by atoms with Gasteiger partial charge in [0.25, 0.3) is 0 Å². The number of hydrogen-bond acceptors (Lipinski definition) is 5. The first-order valence-electron chi connectivity index (χ1n) is 6.40. The average molecular weight is 281 g/mol. The Bertz CT molecular complexity index is 452. The fraction of sp³-hybridized carbons (Fsp3) is 0.533. The maximum absolute atomic E-state index is 12.4. The molecule has 0 amide bonds. The van der Waals surface area contributed by atoms with E-state index in [1.807, 2.05) is 20.8 Å². The van der Waals surface area contributed by atoms with Crippen molar-refractivity contribution in [2.24, 2.45) is 0 Å². The summed E-state index contributed by atoms with van der Waals surface area (Å²) in [6.45, 7) is 6.22. The van der Waals surface area contributed by atoms with Crippen molar-refractivity contribution in [2.45, 2.75) is 26.3 Å². The monoisotopic (exact) mass is 281 g/mol. The van der Waals surface area contributed by atoms with Crippen LogP contribution < -0.4 is 19.5 Å². The normalized spacial score (nSPS) is 11.1. The molecule has 0 aliphatic carbocycles. The van der Waals surface area contributed by atoms with Gasteiger partial charge in [-0.3, -0.25) is 4.79 Å². The van der Waals surface area contributed by atoms with E-state index in [1.54, 1.807) is 19.2 Å². The standard InChI is InChI=1S/C15H23NO4/c1-15(2,3)16-9-11(17)14-12(19-5)7-10(18-4)8-13(14)20-6/h7-8,16H,9H2,1-6H3. The number of rotatable bonds is 6. The van der Waals surface area contributed by atoms with Crippen LogP contribution in [0.3, 0.4) is 0 Å². The summed E-state index contributed by atoms with van der Waals surface area (Å²) < 4.78 is 15.7. The van der Waals surface area contributed by atoms with Crippen molar-refractivity contribution in [3.05, 3.63) is 17.7 Å². The third-order valence-electron chi connectivity index (χ3n) is 2.77. The van der Waals surface area contributed by atoms with E-state index in [0.717, 1.165) is 0 Å². The molecule has 0 bridgehead atoms. The summed E-state index contributed by atoms with van der Waals surface area (Å²) in [7, 11) is 4.58. The molecular weight excluding hydrogens is 258 g/mol. The van der Waals surface area contributed by atoms with Crippen molar-refractivity contribution < 1.29 is 19.0 Å². The van der Waals surface area contributed by atoms with Gasteiger partial charge in [0.15, 0.2) is 5.78 Å². The minimum atomic E-state index is -0.136. The van der Waals surface area contributed by atoms with Crippen molar-refractivity contribution in [1.29, 1.82) is 0 Å². The number of methoxy groups -OCH3 is 3. The highest BCUT2D eigenvalue weighted by molar-refractivity contribution is 6.03. The number of nitrogens with one attached hydrogen (secondary N) is 1. The smallest absolute Gasteiger partial charge is 0.184 e. The van der Waals surface area contributed by atoms with E-state index in [0.29, 0.717) is 22.8 Å². The molecular formula is C15H23NO4. The molecule has 0 fully saturated rings. The molecule has 1 aromatic carbocycles. The predicted molar refractivity (Wildman–Crippen MR) is 78.2 cm³/mol. The summed E-state index contributed by atoms with van der Waals surface area (Å²) in [6.07, 6.45) is 0. The third kappa shape index (κ3) is 4.13. The number of carbonyl (C=O) groups is 1. The van der Waals surface area contributed by atoms with E-state index in [4.69, 9.17) is 14.2 Å². The Balaban J connectivity index is 3.11. The zero-order chi connectivity index (χ0) is 15.3. The van der Waals surface area contributed by atoms with Crippen LogP contribution >= 0.6 is 0 Å². The minimum Gasteiger partial charge on any atom is -0.496 e. The molecule has 0 unspecified atom stereocenters. The number of hydrogen-bond donors (Lipinski definition) is 1. The molecule has 20 heavy (non-hydrogen) atoms. The topological polar surface area (TPSA) is 56.8 Å². The zero-order valence-corrected chi connectivity index (χ0v) is 13.0. The van der Waals surface area contributed by atoms with Crippen LogP contribution in [0.15, 0.2) is 12.1 Å². The van der Waals surface area contributed by atoms with E-state index in [1.165, 1.54) is 14.2 Å². The van der Waals surface area contributed by atoms with Crippen LogP contribution in [0.25, 0.3) is 0 Å². The number of ketones is 1. The minimum absolute atomic E-state index is 0.0868. The number of ether oxygens (including phenoxy) is 3. The molecule has 0 aliphatic rings. The van der Waals surface area contributed by atoms with Crippen LogP contribution in [0.5, 0.6) is 17.2 Å². The molecule has 0 aromatic heterocycles. The van der Waals surface area contributed by atoms with Gasteiger partial charge in [0, 0.05) is 17.7 Å². The quantitative estimate of drug-likeness (QED) is 0.811. The Morgan fingerprint density at radius 1 is 1.05 bits per heavy atom. The summed E-state index contributed by atoms with van der Waals surface area (Å²) in [4.78, 5) is 12.4. The molecule has 0 aliphatic heterocycles. The SMILES string of the molecule is COc1cc(OC)c(C(=O)CNC(C)(C)C)c(OC)c1. The first-order chi connectivity index (χ1) is 9.32. The highest BCUT2D eigenvalue weighted by Gasteiger charge is 2.21. The first-order valence-corrected chi connectivity index (χ1v) is 6.40. The van der Waals surface area contributed by atoms with Crippen molar-refractivity contribution in [1.82, 2.24) is 5.32 Å². The lowest BCUT2D eigenvalue weighted by Crippen LogP contribution is -2.39. The largest absolute Gasteiger partial charge is 0.496 e. The summed E-state index contributed by atoms with van der Waals surface area (Å²) in [6, 6.07) is 3.35. The van der Waals surface area contributed by atoms with Gasteiger partial charge in [-0.1, -0.05) is 0 Å². The van der Waals surface area contributed by atoms with Gasteiger partial charge in [-0.15, -0.1) is 0 Å². The van der Waals surface area contributed by atoms with Crippen LogP contribution in [0.1, 0.15) is 31.1 Å². The Hall–Kier alpha value is -1.75. The molecule has 1 N–H and O–H groups in total. The van der Waals surface area contributed by atoms with E-state index >= 15 is 0 Å². The molecule has 0 radical (unpaired) electrons. The van der Waals surface area contributed by atoms with Crippen LogP contribution in [-0.2, 0) is 0 Å². The van der Waals surface area contributed by atoms with Crippen molar-refractivity contribution >= 4 is 5.78 Å². The van der Waals surface area contributed by atoms with E-state index < -0.39 is 0 Å². The van der Waals surface area contributed by atoms with Gasteiger partial charge in [0.2, 0.25) is 0 Å². The molecule has 0 spiro atoms. The van der Waals surface area contributed by atoms with E-state index in [2.05, 4.69) is 5.32 Å². The van der Waals surface area contributed by atoms with Gasteiger partial charge in [0.1, 0.15) is 22.8 Å². The highest BCUT2D eigenvalue weighted by atomic mass is 16.5. The van der Waals surface area contributed by atoms with Gasteiger partial charge in [-0.05, 0) is 20.8 Å². The molecule has 0 saturated carbocycles. The van der Waals surface area contributed by atoms with Gasteiger partial charge in [-0.2, -0.15) is 0 Å². The van der Waals surface area contributed by atoms with Crippen molar-refractivity contribution in [3.8, 4) is 17.2 Å². The zero-order valence-electron chi connectivity index (χ0n) is 13.0. The molecule has 0 saturated heterocycles. The summed E-state index contributed by atoms with van der Waals surface area (Å²) >= 11 is 0. The lowest BCUT2D eigenvalue weighted by Gasteiger charge is -2.21. The van der Waals surface area contributed by atoms with Crippen molar-refractivity contribution in [3.63, 3.8) is 0 Å². The average Bonchev–Trinajstić information content (AvgIpc) is 2.42. The van der Waals surface area contributed by atoms with Crippen LogP contribution in [0, 0.1) is 0 Å². The summed E-state index contributed by atoms with van der Waals surface area (Å²) in [5.41, 5.74) is 0.287. The van der Waals surface area contributed by atoms with Crippen LogP contribution in [-0.4, -0.2) is 39.2 Å². The fourth-order valence-electron chi connectivity index (χ4n) is 1.71. The maximum Gasteiger partial charge on any atom is 0.184 e. The molecule has 1 aromatic rings. The van der Waals surface area contributed by atoms with Gasteiger partial charge in [0.05, 0.1) is 27.9 Å². The second-order valence-corrected chi connectivity index (χ2v) is 5.43. The molecule has 0 heterocycles. The second kappa shape index (κ2) is 6.61. The van der Waals surface area contributed by atoms with E-state index in [-0.39, 0.29) is 17.9 Å². The van der Waals surface area contributed by atoms with Crippen LogP contribution in [0.4, 0.5) is 0 Å². The molecule has 0 atom stereocenters. The van der Waals surface area contributed by atoms with Gasteiger partial charge in [-0.25, -0.2) is 0 Å². The Kier molecular flexibility index (Phi) is 5.39. The maximum atomic E-state index is 12.4. The Labute approximate surface area is 120 Å². The summed E-state index contributed by atoms with van der Waals surface area (Å²) in [5.74, 6) is 1.39. The van der Waals surface area contributed by atoms with Gasteiger partial charge < -0.3 is 19.5 Å². The Morgan fingerprint density at radius 3 is 1.90 bits per heavy atom.